The Kier molecular flexibility index (Phi) is 4.06. The Hall–Kier alpha value is -3.25. The highest BCUT2D eigenvalue weighted by Crippen LogP contribution is 2.37. The number of aromatic amines is 1. The predicted octanol–water partition coefficient (Wildman–Crippen LogP) is 6.33. The van der Waals surface area contributed by atoms with Crippen LogP contribution in [0.5, 0.6) is 0 Å². The number of nitrogens with one attached hydrogen (secondary N) is 2. The number of rotatable bonds is 4. The molecule has 0 amide bonds. The van der Waals surface area contributed by atoms with Gasteiger partial charge >= 0.3 is 0 Å². The summed E-state index contributed by atoms with van der Waals surface area (Å²) in [6.45, 7) is 0.310. The van der Waals surface area contributed by atoms with Crippen LogP contribution in [-0.2, 0) is 6.54 Å². The minimum atomic E-state index is -0.581. The maximum Gasteiger partial charge on any atom is 0.138 e. The summed E-state index contributed by atoms with van der Waals surface area (Å²) in [6.07, 6.45) is 3.68. The maximum absolute atomic E-state index is 13.4. The number of pyridine rings is 1. The van der Waals surface area contributed by atoms with Crippen LogP contribution in [0.25, 0.3) is 31.6 Å². The van der Waals surface area contributed by atoms with Crippen molar-refractivity contribution in [3.63, 3.8) is 0 Å². The summed E-state index contributed by atoms with van der Waals surface area (Å²) >= 11 is 1.74. The number of thiophene rings is 1. The van der Waals surface area contributed by atoms with Gasteiger partial charge in [-0.05, 0) is 41.3 Å². The Morgan fingerprint density at radius 1 is 1.00 bits per heavy atom. The van der Waals surface area contributed by atoms with Crippen LogP contribution in [0.3, 0.4) is 0 Å². The van der Waals surface area contributed by atoms with E-state index in [0.717, 1.165) is 28.4 Å². The minimum Gasteiger partial charge on any atom is -0.380 e. The molecular formula is C22H15F2N3S. The van der Waals surface area contributed by atoms with Crippen molar-refractivity contribution in [2.45, 2.75) is 6.54 Å². The van der Waals surface area contributed by atoms with Gasteiger partial charge in [0.15, 0.2) is 0 Å². The highest BCUT2D eigenvalue weighted by molar-refractivity contribution is 7.22. The number of H-pyrrole nitrogens is 1. The molecule has 0 aliphatic carbocycles. The zero-order valence-corrected chi connectivity index (χ0v) is 15.5. The van der Waals surface area contributed by atoms with Crippen LogP contribution in [0.4, 0.5) is 14.5 Å². The molecule has 0 aliphatic rings. The van der Waals surface area contributed by atoms with Crippen molar-refractivity contribution < 1.29 is 8.78 Å². The molecule has 3 aromatic heterocycles. The summed E-state index contributed by atoms with van der Waals surface area (Å²) in [7, 11) is 0. The van der Waals surface area contributed by atoms with E-state index >= 15 is 0 Å². The molecule has 3 nitrogen and oxygen atoms in total. The molecule has 138 valence electrons. The van der Waals surface area contributed by atoms with Gasteiger partial charge in [0, 0.05) is 39.3 Å². The van der Waals surface area contributed by atoms with Crippen LogP contribution >= 0.6 is 11.3 Å². The number of anilines is 1. The van der Waals surface area contributed by atoms with Crippen LogP contribution in [-0.4, -0.2) is 9.97 Å². The predicted molar refractivity (Wildman–Crippen MR) is 111 cm³/mol. The van der Waals surface area contributed by atoms with E-state index < -0.39 is 11.6 Å². The summed E-state index contributed by atoms with van der Waals surface area (Å²) in [6, 6.07) is 16.0. The molecule has 2 N–H and O–H groups in total. The van der Waals surface area contributed by atoms with E-state index in [1.165, 1.54) is 27.1 Å². The first-order chi connectivity index (χ1) is 13.7. The topological polar surface area (TPSA) is 40.7 Å². The molecular weight excluding hydrogens is 376 g/mol. The Bertz CT molecular complexity index is 1250. The van der Waals surface area contributed by atoms with Crippen molar-refractivity contribution >= 4 is 38.1 Å². The molecule has 3 heterocycles. The van der Waals surface area contributed by atoms with Gasteiger partial charge in [0.25, 0.3) is 0 Å². The van der Waals surface area contributed by atoms with Gasteiger partial charge in [-0.25, -0.2) is 13.8 Å². The molecule has 28 heavy (non-hydrogen) atoms. The molecule has 5 aromatic rings. The standard InChI is InChI=1S/C22H15F2N3S/c23-15-5-13(6-16(24)8-15)10-25-17-9-18-19(12-27-22(18)26-11-17)21-7-14-3-1-2-4-20(14)28-21/h1-9,11-12,25H,10H2,(H,26,27). The normalized spacial score (nSPS) is 11.4. The molecule has 0 aliphatic heterocycles. The summed E-state index contributed by atoms with van der Waals surface area (Å²) < 4.78 is 28.0. The minimum absolute atomic E-state index is 0.310. The fourth-order valence-corrected chi connectivity index (χ4v) is 4.43. The molecule has 0 unspecified atom stereocenters. The van der Waals surface area contributed by atoms with Gasteiger partial charge in [-0.3, -0.25) is 0 Å². The van der Waals surface area contributed by atoms with Crippen molar-refractivity contribution in [1.29, 1.82) is 0 Å². The number of aromatic nitrogens is 2. The number of hydrogen-bond acceptors (Lipinski definition) is 3. The largest absolute Gasteiger partial charge is 0.380 e. The molecule has 0 bridgehead atoms. The second-order valence-electron chi connectivity index (χ2n) is 6.60. The molecule has 0 saturated heterocycles. The summed E-state index contributed by atoms with van der Waals surface area (Å²) in [5.41, 5.74) is 3.22. The summed E-state index contributed by atoms with van der Waals surface area (Å²) in [5.74, 6) is -1.16. The third-order valence-corrected chi connectivity index (χ3v) is 5.79. The Labute approximate surface area is 163 Å². The number of benzene rings is 2. The van der Waals surface area contributed by atoms with Crippen molar-refractivity contribution in [3.8, 4) is 10.4 Å². The average molecular weight is 391 g/mol. The number of halogens is 2. The Balaban J connectivity index is 1.47. The molecule has 5 rings (SSSR count). The average Bonchev–Trinajstić information content (AvgIpc) is 3.28. The van der Waals surface area contributed by atoms with Gasteiger partial charge in [-0.15, -0.1) is 11.3 Å². The molecule has 2 aromatic carbocycles. The zero-order chi connectivity index (χ0) is 19.1. The molecule has 0 atom stereocenters. The SMILES string of the molecule is Fc1cc(F)cc(CNc2cnc3[nH]cc(-c4cc5ccccc5s4)c3c2)c1. The molecule has 0 spiro atoms. The lowest BCUT2D eigenvalue weighted by molar-refractivity contribution is 0.580. The first-order valence-corrected chi connectivity index (χ1v) is 9.62. The third-order valence-electron chi connectivity index (χ3n) is 4.64. The van der Waals surface area contributed by atoms with Crippen molar-refractivity contribution in [1.82, 2.24) is 9.97 Å². The fraction of sp³-hybridized carbons (Fsp3) is 0.0455. The molecule has 0 fully saturated rings. The monoisotopic (exact) mass is 391 g/mol. The molecule has 6 heteroatoms. The first-order valence-electron chi connectivity index (χ1n) is 8.81. The van der Waals surface area contributed by atoms with Gasteiger partial charge in [-0.2, -0.15) is 0 Å². The smallest absolute Gasteiger partial charge is 0.138 e. The summed E-state index contributed by atoms with van der Waals surface area (Å²) in [5, 5.41) is 5.41. The van der Waals surface area contributed by atoms with Crippen molar-refractivity contribution in [3.05, 3.63) is 84.2 Å². The summed E-state index contributed by atoms with van der Waals surface area (Å²) in [4.78, 5) is 8.85. The first kappa shape index (κ1) is 16.9. The van der Waals surface area contributed by atoms with E-state index in [2.05, 4.69) is 33.5 Å². The van der Waals surface area contributed by atoms with Crippen LogP contribution in [0, 0.1) is 11.6 Å². The Morgan fingerprint density at radius 2 is 1.82 bits per heavy atom. The van der Waals surface area contributed by atoms with E-state index in [9.17, 15) is 8.78 Å². The highest BCUT2D eigenvalue weighted by Gasteiger charge is 2.11. The van der Waals surface area contributed by atoms with Crippen LogP contribution in [0.2, 0.25) is 0 Å². The zero-order valence-electron chi connectivity index (χ0n) is 14.7. The van der Waals surface area contributed by atoms with Gasteiger partial charge in [-0.1, -0.05) is 18.2 Å². The second-order valence-corrected chi connectivity index (χ2v) is 7.69. The highest BCUT2D eigenvalue weighted by atomic mass is 32.1. The van der Waals surface area contributed by atoms with Gasteiger partial charge in [0.1, 0.15) is 17.3 Å². The quantitative estimate of drug-likeness (QED) is 0.376. The van der Waals surface area contributed by atoms with Gasteiger partial charge < -0.3 is 10.3 Å². The van der Waals surface area contributed by atoms with E-state index in [1.54, 1.807) is 17.5 Å². The number of hydrogen-bond donors (Lipinski definition) is 2. The number of nitrogens with zero attached hydrogens (tertiary/aromatic N) is 1. The lowest BCUT2D eigenvalue weighted by Crippen LogP contribution is -2.01. The van der Waals surface area contributed by atoms with E-state index in [-0.39, 0.29) is 0 Å². The van der Waals surface area contributed by atoms with Crippen molar-refractivity contribution in [2.75, 3.05) is 5.32 Å². The van der Waals surface area contributed by atoms with Gasteiger partial charge in [0.05, 0.1) is 11.9 Å². The lowest BCUT2D eigenvalue weighted by Gasteiger charge is -2.07. The molecule has 0 saturated carbocycles. The third kappa shape index (κ3) is 3.12. The second kappa shape index (κ2) is 6.73. The van der Waals surface area contributed by atoms with E-state index in [1.807, 2.05) is 24.4 Å². The maximum atomic E-state index is 13.4. The van der Waals surface area contributed by atoms with Crippen molar-refractivity contribution in [2.24, 2.45) is 0 Å². The van der Waals surface area contributed by atoms with E-state index in [4.69, 9.17) is 0 Å². The van der Waals surface area contributed by atoms with Gasteiger partial charge in [0.2, 0.25) is 0 Å². The Morgan fingerprint density at radius 3 is 2.64 bits per heavy atom. The number of fused-ring (bicyclic) bond motifs is 2. The molecule has 0 radical (unpaired) electrons. The van der Waals surface area contributed by atoms with Crippen LogP contribution < -0.4 is 5.32 Å². The lowest BCUT2D eigenvalue weighted by atomic mass is 10.1. The van der Waals surface area contributed by atoms with E-state index in [0.29, 0.717) is 12.1 Å². The van der Waals surface area contributed by atoms with Crippen LogP contribution in [0.1, 0.15) is 5.56 Å². The fourth-order valence-electron chi connectivity index (χ4n) is 3.34. The van der Waals surface area contributed by atoms with Crippen LogP contribution in [0.15, 0.2) is 67.0 Å².